The first-order valence-corrected chi connectivity index (χ1v) is 8.24. The Morgan fingerprint density at radius 3 is 2.76 bits per heavy atom. The number of hydrogen-bond donors (Lipinski definition) is 1. The van der Waals surface area contributed by atoms with Crippen LogP contribution in [0.5, 0.6) is 0 Å². The molecule has 3 aromatic heterocycles. The normalized spacial score (nSPS) is 10.6. The number of aromatic nitrogens is 3. The first-order chi connectivity index (χ1) is 10.1. The van der Waals surface area contributed by atoms with Crippen molar-refractivity contribution in [2.24, 2.45) is 0 Å². The third-order valence-corrected chi connectivity index (χ3v) is 5.90. The number of pyridine rings is 1. The van der Waals surface area contributed by atoms with Crippen molar-refractivity contribution in [1.82, 2.24) is 14.5 Å². The monoisotopic (exact) mass is 426 g/mol. The number of hydrogen-bond acceptors (Lipinski definition) is 4. The maximum atomic E-state index is 12.1. The molecule has 3 rings (SSSR count). The number of carbonyl (C=O) groups is 1. The van der Waals surface area contributed by atoms with E-state index in [1.165, 1.54) is 11.3 Å². The molecule has 0 aliphatic rings. The van der Waals surface area contributed by atoms with Gasteiger partial charge in [-0.25, -0.2) is 9.97 Å². The summed E-state index contributed by atoms with van der Waals surface area (Å²) in [7, 11) is 0. The number of imidazole rings is 1. The lowest BCUT2D eigenvalue weighted by atomic mass is 10.3. The van der Waals surface area contributed by atoms with Crippen molar-refractivity contribution in [2.45, 2.75) is 0 Å². The predicted octanol–water partition coefficient (Wildman–Crippen LogP) is 4.11. The van der Waals surface area contributed by atoms with Crippen molar-refractivity contribution >= 4 is 54.8 Å². The van der Waals surface area contributed by atoms with Crippen LogP contribution >= 0.6 is 43.2 Å². The van der Waals surface area contributed by atoms with E-state index in [1.807, 2.05) is 6.07 Å². The molecule has 3 heterocycles. The van der Waals surface area contributed by atoms with Gasteiger partial charge in [-0.3, -0.25) is 9.36 Å². The van der Waals surface area contributed by atoms with E-state index in [1.54, 1.807) is 41.6 Å². The van der Waals surface area contributed by atoms with E-state index >= 15 is 0 Å². The zero-order valence-electron chi connectivity index (χ0n) is 10.5. The van der Waals surface area contributed by atoms with Gasteiger partial charge in [0.1, 0.15) is 12.1 Å². The summed E-state index contributed by atoms with van der Waals surface area (Å²) < 4.78 is 3.55. The highest BCUT2D eigenvalue weighted by Crippen LogP contribution is 2.32. The summed E-state index contributed by atoms with van der Waals surface area (Å²) in [5.74, 6) is 0.579. The predicted molar refractivity (Wildman–Crippen MR) is 89.0 cm³/mol. The molecule has 0 unspecified atom stereocenters. The number of nitrogens with zero attached hydrogens (tertiary/aromatic N) is 3. The molecule has 0 saturated carbocycles. The van der Waals surface area contributed by atoms with Gasteiger partial charge < -0.3 is 5.32 Å². The molecule has 0 atom stereocenters. The molecule has 8 heteroatoms. The Balaban J connectivity index is 1.74. The zero-order chi connectivity index (χ0) is 14.8. The summed E-state index contributed by atoms with van der Waals surface area (Å²) in [5.41, 5.74) is 0.643. The van der Waals surface area contributed by atoms with Crippen molar-refractivity contribution in [2.75, 3.05) is 5.32 Å². The molecule has 21 heavy (non-hydrogen) atoms. The van der Waals surface area contributed by atoms with Gasteiger partial charge in [0.05, 0.1) is 20.5 Å². The highest BCUT2D eigenvalue weighted by atomic mass is 79.9. The Bertz CT molecular complexity index is 749. The quantitative estimate of drug-likeness (QED) is 0.684. The van der Waals surface area contributed by atoms with Gasteiger partial charge in [-0.15, -0.1) is 11.3 Å². The van der Waals surface area contributed by atoms with E-state index in [4.69, 9.17) is 0 Å². The van der Waals surface area contributed by atoms with Crippen molar-refractivity contribution in [3.05, 3.63) is 56.3 Å². The molecule has 1 amide bonds. The van der Waals surface area contributed by atoms with E-state index in [0.29, 0.717) is 10.6 Å². The maximum Gasteiger partial charge on any atom is 0.265 e. The minimum Gasteiger partial charge on any atom is -0.320 e. The summed E-state index contributed by atoms with van der Waals surface area (Å²) in [6.45, 7) is 0. The van der Waals surface area contributed by atoms with Crippen LogP contribution in [0.4, 0.5) is 5.69 Å². The third kappa shape index (κ3) is 3.22. The average Bonchev–Trinajstić information content (AvgIpc) is 3.11. The Labute approximate surface area is 141 Å². The zero-order valence-corrected chi connectivity index (χ0v) is 14.4. The second-order valence-electron chi connectivity index (χ2n) is 4.06. The summed E-state index contributed by atoms with van der Waals surface area (Å²) in [6, 6.07) is 5.40. The van der Waals surface area contributed by atoms with Gasteiger partial charge in [-0.1, -0.05) is 0 Å². The van der Waals surface area contributed by atoms with E-state index in [0.717, 1.165) is 14.1 Å². The number of amides is 1. The number of anilines is 1. The summed E-state index contributed by atoms with van der Waals surface area (Å²) >= 11 is 8.10. The van der Waals surface area contributed by atoms with Crippen LogP contribution in [-0.2, 0) is 0 Å². The lowest BCUT2D eigenvalue weighted by molar-refractivity contribution is 0.103. The minimum absolute atomic E-state index is 0.163. The second-order valence-corrected chi connectivity index (χ2v) is 7.29. The third-order valence-electron chi connectivity index (χ3n) is 2.64. The number of rotatable bonds is 3. The summed E-state index contributed by atoms with van der Waals surface area (Å²) in [6.07, 6.45) is 6.78. The molecule has 3 aromatic rings. The maximum absolute atomic E-state index is 12.1. The molecule has 0 saturated heterocycles. The summed E-state index contributed by atoms with van der Waals surface area (Å²) in [5, 5.41) is 2.81. The Morgan fingerprint density at radius 2 is 2.19 bits per heavy atom. The van der Waals surface area contributed by atoms with Crippen molar-refractivity contribution in [1.29, 1.82) is 0 Å². The molecular formula is C13H8Br2N4OS. The lowest BCUT2D eigenvalue weighted by Gasteiger charge is -2.05. The Hall–Kier alpha value is -1.51. The van der Waals surface area contributed by atoms with Crippen molar-refractivity contribution in [3.63, 3.8) is 0 Å². The Morgan fingerprint density at radius 1 is 1.33 bits per heavy atom. The average molecular weight is 428 g/mol. The molecule has 5 nitrogen and oxygen atoms in total. The number of halogens is 2. The minimum atomic E-state index is -0.163. The standard InChI is InChI=1S/C13H8Br2N4OS/c14-9-5-10(21-12(9)15)13(20)18-8-1-2-11(17-6-8)19-4-3-16-7-19/h1-7H,(H,18,20). The van der Waals surface area contributed by atoms with Gasteiger partial charge in [0.2, 0.25) is 0 Å². The van der Waals surface area contributed by atoms with E-state index < -0.39 is 0 Å². The highest BCUT2D eigenvalue weighted by Gasteiger charge is 2.12. The van der Waals surface area contributed by atoms with Crippen LogP contribution in [0, 0.1) is 0 Å². The molecule has 0 aliphatic carbocycles. The molecule has 0 fully saturated rings. The topological polar surface area (TPSA) is 59.8 Å². The fourth-order valence-electron chi connectivity index (χ4n) is 1.66. The first kappa shape index (κ1) is 14.4. The molecule has 0 aliphatic heterocycles. The van der Waals surface area contributed by atoms with Crippen LogP contribution in [0.25, 0.3) is 5.82 Å². The lowest BCUT2D eigenvalue weighted by Crippen LogP contribution is -2.10. The second kappa shape index (κ2) is 6.08. The molecule has 0 aromatic carbocycles. The van der Waals surface area contributed by atoms with Gasteiger partial charge >= 0.3 is 0 Å². The first-order valence-electron chi connectivity index (χ1n) is 5.84. The molecule has 0 bridgehead atoms. The fourth-order valence-corrected chi connectivity index (χ4v) is 3.59. The SMILES string of the molecule is O=C(Nc1ccc(-n2ccnc2)nc1)c1cc(Br)c(Br)s1. The summed E-state index contributed by atoms with van der Waals surface area (Å²) in [4.78, 5) is 21.0. The van der Waals surface area contributed by atoms with Crippen molar-refractivity contribution < 1.29 is 4.79 Å². The molecule has 1 N–H and O–H groups in total. The number of thiophene rings is 1. The van der Waals surface area contributed by atoms with Gasteiger partial charge in [0.15, 0.2) is 0 Å². The van der Waals surface area contributed by atoms with E-state index in [9.17, 15) is 4.79 Å². The number of carbonyl (C=O) groups excluding carboxylic acids is 1. The molecule has 106 valence electrons. The van der Waals surface area contributed by atoms with Crippen molar-refractivity contribution in [3.8, 4) is 5.82 Å². The number of nitrogens with one attached hydrogen (secondary N) is 1. The molecule has 0 radical (unpaired) electrons. The van der Waals surface area contributed by atoms with Crippen LogP contribution in [0.2, 0.25) is 0 Å². The van der Waals surface area contributed by atoms with E-state index in [2.05, 4.69) is 47.1 Å². The van der Waals surface area contributed by atoms with Crippen LogP contribution < -0.4 is 5.32 Å². The van der Waals surface area contributed by atoms with Crippen LogP contribution in [0.3, 0.4) is 0 Å². The fraction of sp³-hybridized carbons (Fsp3) is 0. The molecular weight excluding hydrogens is 420 g/mol. The van der Waals surface area contributed by atoms with Gasteiger partial charge in [0, 0.05) is 16.9 Å². The van der Waals surface area contributed by atoms with Crippen LogP contribution in [-0.4, -0.2) is 20.4 Å². The van der Waals surface area contributed by atoms with Crippen LogP contribution in [0.15, 0.2) is 51.4 Å². The smallest absolute Gasteiger partial charge is 0.265 e. The van der Waals surface area contributed by atoms with Gasteiger partial charge in [0.25, 0.3) is 5.91 Å². The molecule has 0 spiro atoms. The van der Waals surface area contributed by atoms with E-state index in [-0.39, 0.29) is 5.91 Å². The highest BCUT2D eigenvalue weighted by molar-refractivity contribution is 9.13. The Kier molecular flexibility index (Phi) is 4.18. The van der Waals surface area contributed by atoms with Gasteiger partial charge in [-0.05, 0) is 50.1 Å². The van der Waals surface area contributed by atoms with Gasteiger partial charge in [-0.2, -0.15) is 0 Å². The largest absolute Gasteiger partial charge is 0.320 e. The van der Waals surface area contributed by atoms with Crippen LogP contribution in [0.1, 0.15) is 9.67 Å².